The number of aliphatic hydroxyl groups is 1. The molecule has 0 spiro atoms. The predicted molar refractivity (Wildman–Crippen MR) is 120 cm³/mol. The molecule has 0 saturated heterocycles. The van der Waals surface area contributed by atoms with Gasteiger partial charge in [-0.1, -0.05) is 18.2 Å². The molecule has 2 aromatic carbocycles. The van der Waals surface area contributed by atoms with Crippen LogP contribution in [-0.2, 0) is 26.9 Å². The molecule has 1 aliphatic rings. The number of allylic oxidation sites excluding steroid dienone is 3. The summed E-state index contributed by atoms with van der Waals surface area (Å²) in [6, 6.07) is 7.16. The molecule has 0 aliphatic heterocycles. The fraction of sp³-hybridized carbons (Fsp3) is 0.280. The molecule has 1 aliphatic carbocycles. The van der Waals surface area contributed by atoms with Crippen LogP contribution in [0.25, 0.3) is 5.57 Å². The SMILES string of the molecule is CCOC1=CC(=O)CC=C1c1ccc(CC(=O)Nc2ccc(OCCO)c(C(F)(F)F)c2)c(F)c1. The van der Waals surface area contributed by atoms with E-state index in [2.05, 4.69) is 5.32 Å². The third kappa shape index (κ3) is 6.69. The summed E-state index contributed by atoms with van der Waals surface area (Å²) in [5.74, 6) is -1.68. The molecule has 0 saturated carbocycles. The van der Waals surface area contributed by atoms with E-state index in [9.17, 15) is 27.2 Å². The molecular weight excluding hydrogens is 470 g/mol. The van der Waals surface area contributed by atoms with Crippen molar-refractivity contribution in [3.8, 4) is 5.75 Å². The first-order chi connectivity index (χ1) is 16.6. The minimum Gasteiger partial charge on any atom is -0.493 e. The average molecular weight is 493 g/mol. The smallest absolute Gasteiger partial charge is 0.420 e. The van der Waals surface area contributed by atoms with Gasteiger partial charge in [-0.2, -0.15) is 13.2 Å². The predicted octanol–water partition coefficient (Wildman–Crippen LogP) is 4.67. The van der Waals surface area contributed by atoms with Gasteiger partial charge in [-0.25, -0.2) is 4.39 Å². The number of aliphatic hydroxyl groups excluding tert-OH is 1. The number of nitrogens with one attached hydrogen (secondary N) is 1. The van der Waals surface area contributed by atoms with Crippen LogP contribution >= 0.6 is 0 Å². The zero-order valence-electron chi connectivity index (χ0n) is 18.7. The van der Waals surface area contributed by atoms with Crippen molar-refractivity contribution in [2.24, 2.45) is 0 Å². The van der Waals surface area contributed by atoms with E-state index in [1.165, 1.54) is 24.3 Å². The highest BCUT2D eigenvalue weighted by Gasteiger charge is 2.35. The van der Waals surface area contributed by atoms with Crippen LogP contribution in [0.1, 0.15) is 30.0 Å². The highest BCUT2D eigenvalue weighted by atomic mass is 19.4. The zero-order chi connectivity index (χ0) is 25.6. The van der Waals surface area contributed by atoms with Crippen molar-refractivity contribution in [2.45, 2.75) is 25.9 Å². The molecule has 1 amide bonds. The molecule has 35 heavy (non-hydrogen) atoms. The maximum absolute atomic E-state index is 14.8. The molecule has 2 N–H and O–H groups in total. The van der Waals surface area contributed by atoms with Gasteiger partial charge in [0, 0.05) is 23.8 Å². The lowest BCUT2D eigenvalue weighted by Gasteiger charge is -2.17. The van der Waals surface area contributed by atoms with E-state index >= 15 is 0 Å². The van der Waals surface area contributed by atoms with Crippen LogP contribution in [0.15, 0.2) is 54.3 Å². The Morgan fingerprint density at radius 1 is 1.14 bits per heavy atom. The summed E-state index contributed by atoms with van der Waals surface area (Å²) in [5, 5.41) is 11.1. The Balaban J connectivity index is 1.74. The second-order valence-corrected chi connectivity index (χ2v) is 7.54. The first-order valence-corrected chi connectivity index (χ1v) is 10.7. The van der Waals surface area contributed by atoms with Gasteiger partial charge in [-0.3, -0.25) is 9.59 Å². The van der Waals surface area contributed by atoms with Crippen molar-refractivity contribution in [1.29, 1.82) is 0 Å². The van der Waals surface area contributed by atoms with E-state index in [-0.39, 0.29) is 30.1 Å². The minimum atomic E-state index is -4.75. The molecule has 0 atom stereocenters. The second kappa shape index (κ2) is 11.2. The molecule has 0 aromatic heterocycles. The summed E-state index contributed by atoms with van der Waals surface area (Å²) in [7, 11) is 0. The number of hydrogen-bond donors (Lipinski definition) is 2. The van der Waals surface area contributed by atoms with Crippen LogP contribution in [0.2, 0.25) is 0 Å². The lowest BCUT2D eigenvalue weighted by atomic mass is 9.95. The largest absolute Gasteiger partial charge is 0.493 e. The lowest BCUT2D eigenvalue weighted by Crippen LogP contribution is -2.17. The quantitative estimate of drug-likeness (QED) is 0.496. The van der Waals surface area contributed by atoms with Gasteiger partial charge in [-0.15, -0.1) is 0 Å². The van der Waals surface area contributed by atoms with Gasteiger partial charge in [0.1, 0.15) is 23.9 Å². The topological polar surface area (TPSA) is 84.9 Å². The fourth-order valence-electron chi connectivity index (χ4n) is 3.47. The standard InChI is InChI=1S/C25H23F4NO5/c1-2-34-23-14-18(32)6-7-19(23)15-3-4-16(21(26)11-15)12-24(33)30-17-5-8-22(35-10-9-31)20(13-17)25(27,28)29/h3-5,7-8,11,13-14,31H,2,6,9-10,12H2,1H3,(H,30,33). The van der Waals surface area contributed by atoms with Crippen LogP contribution in [-0.4, -0.2) is 36.6 Å². The minimum absolute atomic E-state index is 0.0413. The number of carbonyl (C=O) groups excluding carboxylic acids is 2. The molecule has 10 heteroatoms. The third-order valence-electron chi connectivity index (χ3n) is 5.00. The molecule has 186 valence electrons. The van der Waals surface area contributed by atoms with Crippen LogP contribution in [0.4, 0.5) is 23.2 Å². The Labute approximate surface area is 198 Å². The second-order valence-electron chi connectivity index (χ2n) is 7.54. The molecule has 0 radical (unpaired) electrons. The van der Waals surface area contributed by atoms with Crippen molar-refractivity contribution < 1.29 is 41.7 Å². The van der Waals surface area contributed by atoms with E-state index in [0.29, 0.717) is 29.6 Å². The van der Waals surface area contributed by atoms with Crippen molar-refractivity contribution in [3.05, 3.63) is 76.8 Å². The van der Waals surface area contributed by atoms with E-state index in [1.807, 2.05) is 0 Å². The molecule has 0 fully saturated rings. The number of rotatable bonds is 9. The van der Waals surface area contributed by atoms with E-state index in [0.717, 1.165) is 6.07 Å². The fourth-order valence-corrected chi connectivity index (χ4v) is 3.47. The van der Waals surface area contributed by atoms with E-state index in [4.69, 9.17) is 14.6 Å². The molecule has 6 nitrogen and oxygen atoms in total. The molecular formula is C25H23F4NO5. The first kappa shape index (κ1) is 26.0. The van der Waals surface area contributed by atoms with Gasteiger partial charge in [0.2, 0.25) is 5.91 Å². The summed E-state index contributed by atoms with van der Waals surface area (Å²) < 4.78 is 65.2. The number of carbonyl (C=O) groups is 2. The number of ether oxygens (including phenoxy) is 2. The number of anilines is 1. The van der Waals surface area contributed by atoms with Crippen molar-refractivity contribution >= 4 is 23.0 Å². The number of halogens is 4. The van der Waals surface area contributed by atoms with Crippen LogP contribution < -0.4 is 10.1 Å². The molecule has 0 bridgehead atoms. The number of ketones is 1. The van der Waals surface area contributed by atoms with Gasteiger partial charge >= 0.3 is 6.18 Å². The molecule has 0 heterocycles. The van der Waals surface area contributed by atoms with Gasteiger partial charge in [0.25, 0.3) is 0 Å². The van der Waals surface area contributed by atoms with Crippen molar-refractivity contribution in [2.75, 3.05) is 25.1 Å². The lowest BCUT2D eigenvalue weighted by molar-refractivity contribution is -0.139. The number of benzene rings is 2. The third-order valence-corrected chi connectivity index (χ3v) is 5.00. The Bertz CT molecular complexity index is 1170. The normalized spacial score (nSPS) is 13.7. The van der Waals surface area contributed by atoms with Gasteiger partial charge in [0.05, 0.1) is 25.2 Å². The molecule has 2 aromatic rings. The van der Waals surface area contributed by atoms with E-state index < -0.39 is 42.2 Å². The monoisotopic (exact) mass is 493 g/mol. The summed E-state index contributed by atoms with van der Waals surface area (Å²) in [5.41, 5.74) is -0.188. The summed E-state index contributed by atoms with van der Waals surface area (Å²) in [6.07, 6.45) is -2.02. The van der Waals surface area contributed by atoms with Crippen LogP contribution in [0, 0.1) is 5.82 Å². The van der Waals surface area contributed by atoms with Crippen LogP contribution in [0.5, 0.6) is 5.75 Å². The maximum atomic E-state index is 14.8. The highest BCUT2D eigenvalue weighted by molar-refractivity contribution is 5.99. The zero-order valence-corrected chi connectivity index (χ0v) is 18.7. The van der Waals surface area contributed by atoms with Gasteiger partial charge < -0.3 is 19.9 Å². The Kier molecular flexibility index (Phi) is 8.29. The van der Waals surface area contributed by atoms with Crippen molar-refractivity contribution in [1.82, 2.24) is 0 Å². The number of hydrogen-bond acceptors (Lipinski definition) is 5. The van der Waals surface area contributed by atoms with Gasteiger partial charge in [-0.05, 0) is 42.3 Å². The highest BCUT2D eigenvalue weighted by Crippen LogP contribution is 2.38. The Morgan fingerprint density at radius 2 is 1.91 bits per heavy atom. The number of alkyl halides is 3. The Morgan fingerprint density at radius 3 is 2.57 bits per heavy atom. The van der Waals surface area contributed by atoms with Crippen molar-refractivity contribution in [3.63, 3.8) is 0 Å². The Hall–Kier alpha value is -3.66. The first-order valence-electron chi connectivity index (χ1n) is 10.7. The summed E-state index contributed by atoms with van der Waals surface area (Å²) >= 11 is 0. The summed E-state index contributed by atoms with van der Waals surface area (Å²) in [4.78, 5) is 24.1. The van der Waals surface area contributed by atoms with Gasteiger partial charge in [0.15, 0.2) is 5.78 Å². The maximum Gasteiger partial charge on any atom is 0.420 e. The number of amides is 1. The molecule has 0 unspecified atom stereocenters. The molecule has 3 rings (SSSR count). The summed E-state index contributed by atoms with van der Waals surface area (Å²) in [6.45, 7) is 1.30. The van der Waals surface area contributed by atoms with E-state index in [1.54, 1.807) is 19.1 Å². The average Bonchev–Trinajstić information content (AvgIpc) is 2.79. The van der Waals surface area contributed by atoms with Crippen LogP contribution in [0.3, 0.4) is 0 Å².